The Kier molecular flexibility index (Phi) is 5.50. The maximum Gasteiger partial charge on any atom is 0.172 e. The molecule has 3 nitrogen and oxygen atoms in total. The molecule has 1 heterocycles. The van der Waals surface area contributed by atoms with Crippen LogP contribution in [0.4, 0.5) is 5.82 Å². The van der Waals surface area contributed by atoms with Gasteiger partial charge >= 0.3 is 0 Å². The molecular formula is C18H23N3S. The molecule has 0 spiro atoms. The number of nitrogens with zero attached hydrogens (tertiary/aromatic N) is 1. The van der Waals surface area contributed by atoms with Crippen LogP contribution in [0.3, 0.4) is 0 Å². The van der Waals surface area contributed by atoms with Crippen molar-refractivity contribution >= 4 is 23.1 Å². The van der Waals surface area contributed by atoms with Gasteiger partial charge in [-0.25, -0.2) is 4.98 Å². The van der Waals surface area contributed by atoms with E-state index in [4.69, 9.17) is 12.2 Å². The zero-order valence-electron chi connectivity index (χ0n) is 13.6. The summed E-state index contributed by atoms with van der Waals surface area (Å²) in [5.74, 6) is 0.771. The minimum absolute atomic E-state index is 0.199. The average molecular weight is 313 g/mol. The Balaban J connectivity index is 2.08. The van der Waals surface area contributed by atoms with Crippen molar-refractivity contribution in [2.45, 2.75) is 40.2 Å². The molecule has 2 rings (SSSR count). The molecule has 0 unspecified atom stereocenters. The third-order valence-corrected chi connectivity index (χ3v) is 3.86. The maximum absolute atomic E-state index is 5.43. The Morgan fingerprint density at radius 2 is 1.95 bits per heavy atom. The Labute approximate surface area is 138 Å². The van der Waals surface area contributed by atoms with Crippen LogP contribution in [0.2, 0.25) is 0 Å². The lowest BCUT2D eigenvalue weighted by molar-refractivity contribution is 0.625. The van der Waals surface area contributed by atoms with Crippen molar-refractivity contribution in [1.82, 2.24) is 10.3 Å². The second-order valence-corrected chi connectivity index (χ2v) is 5.99. The number of nitrogens with one attached hydrogen (secondary N) is 2. The summed E-state index contributed by atoms with van der Waals surface area (Å²) in [6.07, 6.45) is 0.965. The molecule has 0 aliphatic heterocycles. The van der Waals surface area contributed by atoms with Crippen molar-refractivity contribution in [2.75, 3.05) is 5.32 Å². The molecule has 0 aliphatic carbocycles. The third kappa shape index (κ3) is 4.28. The van der Waals surface area contributed by atoms with Crippen molar-refractivity contribution in [3.63, 3.8) is 0 Å². The lowest BCUT2D eigenvalue weighted by atomic mass is 9.98. The number of thiocarbonyl (C=S) groups is 1. The van der Waals surface area contributed by atoms with Gasteiger partial charge in [0.25, 0.3) is 0 Å². The van der Waals surface area contributed by atoms with E-state index in [0.29, 0.717) is 5.11 Å². The van der Waals surface area contributed by atoms with E-state index in [9.17, 15) is 0 Å². The van der Waals surface area contributed by atoms with E-state index in [0.717, 1.165) is 17.9 Å². The lowest BCUT2D eigenvalue weighted by Gasteiger charge is -2.22. The largest absolute Gasteiger partial charge is 0.356 e. The van der Waals surface area contributed by atoms with Crippen molar-refractivity contribution in [1.29, 1.82) is 0 Å². The molecule has 4 heteroatoms. The fourth-order valence-corrected chi connectivity index (χ4v) is 2.79. The standard InChI is InChI=1S/C18H23N3S/c1-5-16(15-10-9-12(2)11-13(15)3)20-18(22)21-17-8-6-7-14(4)19-17/h6-11,16H,5H2,1-4H3,(H2,19,20,21,22)/t16-/m0/s1. The summed E-state index contributed by atoms with van der Waals surface area (Å²) in [6.45, 7) is 8.38. The first-order valence-electron chi connectivity index (χ1n) is 7.58. The van der Waals surface area contributed by atoms with Crippen LogP contribution in [0, 0.1) is 20.8 Å². The van der Waals surface area contributed by atoms with Crippen LogP contribution in [0.25, 0.3) is 0 Å². The average Bonchev–Trinajstić information content (AvgIpc) is 2.45. The van der Waals surface area contributed by atoms with E-state index in [1.165, 1.54) is 16.7 Å². The van der Waals surface area contributed by atoms with Crippen molar-refractivity contribution in [3.8, 4) is 0 Å². The van der Waals surface area contributed by atoms with E-state index in [1.54, 1.807) is 0 Å². The molecule has 1 aromatic heterocycles. The molecule has 2 N–H and O–H groups in total. The summed E-state index contributed by atoms with van der Waals surface area (Å²) in [5, 5.41) is 7.15. The number of rotatable bonds is 4. The van der Waals surface area contributed by atoms with E-state index < -0.39 is 0 Å². The highest BCUT2D eigenvalue weighted by atomic mass is 32.1. The quantitative estimate of drug-likeness (QED) is 0.818. The zero-order valence-corrected chi connectivity index (χ0v) is 14.4. The zero-order chi connectivity index (χ0) is 16.1. The highest BCUT2D eigenvalue weighted by molar-refractivity contribution is 7.80. The van der Waals surface area contributed by atoms with Crippen LogP contribution >= 0.6 is 12.2 Å². The van der Waals surface area contributed by atoms with Crippen LogP contribution < -0.4 is 10.6 Å². The first kappa shape index (κ1) is 16.4. The normalized spacial score (nSPS) is 11.8. The number of pyridine rings is 1. The van der Waals surface area contributed by atoms with Crippen molar-refractivity contribution in [2.24, 2.45) is 0 Å². The second-order valence-electron chi connectivity index (χ2n) is 5.58. The molecule has 1 atom stereocenters. The highest BCUT2D eigenvalue weighted by Gasteiger charge is 2.13. The molecule has 22 heavy (non-hydrogen) atoms. The number of aryl methyl sites for hydroxylation is 3. The van der Waals surface area contributed by atoms with Gasteiger partial charge < -0.3 is 10.6 Å². The lowest BCUT2D eigenvalue weighted by Crippen LogP contribution is -2.32. The maximum atomic E-state index is 5.43. The number of hydrogen-bond acceptors (Lipinski definition) is 2. The summed E-state index contributed by atoms with van der Waals surface area (Å²) in [6, 6.07) is 12.6. The van der Waals surface area contributed by atoms with Crippen LogP contribution in [0.5, 0.6) is 0 Å². The van der Waals surface area contributed by atoms with E-state index in [-0.39, 0.29) is 6.04 Å². The molecule has 0 fully saturated rings. The molecule has 0 amide bonds. The minimum atomic E-state index is 0.199. The minimum Gasteiger partial charge on any atom is -0.356 e. The summed E-state index contributed by atoms with van der Waals surface area (Å²) in [4.78, 5) is 4.41. The molecule has 0 saturated carbocycles. The van der Waals surface area contributed by atoms with Crippen molar-refractivity contribution in [3.05, 3.63) is 58.8 Å². The summed E-state index contributed by atoms with van der Waals surface area (Å²) >= 11 is 5.43. The third-order valence-electron chi connectivity index (χ3n) is 3.64. The molecular weight excluding hydrogens is 290 g/mol. The molecule has 0 aliphatic rings. The fraction of sp³-hybridized carbons (Fsp3) is 0.333. The molecule has 0 bridgehead atoms. The van der Waals surface area contributed by atoms with Gasteiger partial charge in [-0.15, -0.1) is 0 Å². The van der Waals surface area contributed by atoms with Gasteiger partial charge in [0.2, 0.25) is 0 Å². The molecule has 0 radical (unpaired) electrons. The highest BCUT2D eigenvalue weighted by Crippen LogP contribution is 2.21. The smallest absolute Gasteiger partial charge is 0.172 e. The Bertz CT molecular complexity index is 667. The van der Waals surface area contributed by atoms with Gasteiger partial charge in [-0.1, -0.05) is 36.8 Å². The summed E-state index contributed by atoms with van der Waals surface area (Å²) < 4.78 is 0. The van der Waals surface area contributed by atoms with E-state index in [2.05, 4.69) is 54.6 Å². The number of aromatic nitrogens is 1. The molecule has 116 valence electrons. The van der Waals surface area contributed by atoms with E-state index in [1.807, 2.05) is 25.1 Å². The van der Waals surface area contributed by atoms with Crippen LogP contribution in [-0.2, 0) is 0 Å². The molecule has 0 saturated heterocycles. The first-order valence-corrected chi connectivity index (χ1v) is 7.98. The first-order chi connectivity index (χ1) is 10.5. The van der Waals surface area contributed by atoms with Crippen molar-refractivity contribution < 1.29 is 0 Å². The summed E-state index contributed by atoms with van der Waals surface area (Å²) in [5.41, 5.74) is 4.82. The van der Waals surface area contributed by atoms with Gasteiger partial charge in [-0.2, -0.15) is 0 Å². The fourth-order valence-electron chi connectivity index (χ4n) is 2.54. The predicted molar refractivity (Wildman–Crippen MR) is 97.3 cm³/mol. The Morgan fingerprint density at radius 1 is 1.18 bits per heavy atom. The Morgan fingerprint density at radius 3 is 2.59 bits per heavy atom. The molecule has 2 aromatic rings. The van der Waals surface area contributed by atoms with Crippen LogP contribution in [0.1, 0.15) is 41.8 Å². The number of hydrogen-bond donors (Lipinski definition) is 2. The van der Waals surface area contributed by atoms with Gasteiger partial charge in [-0.05, 0) is 62.7 Å². The topological polar surface area (TPSA) is 37.0 Å². The number of benzene rings is 1. The second kappa shape index (κ2) is 7.36. The predicted octanol–water partition coefficient (Wildman–Crippen LogP) is 4.44. The SMILES string of the molecule is CC[C@H](NC(=S)Nc1cccc(C)n1)c1ccc(C)cc1C. The van der Waals surface area contributed by atoms with Crippen LogP contribution in [-0.4, -0.2) is 10.1 Å². The van der Waals surface area contributed by atoms with Gasteiger partial charge in [0.15, 0.2) is 5.11 Å². The van der Waals surface area contributed by atoms with Gasteiger partial charge in [-0.3, -0.25) is 0 Å². The van der Waals surface area contributed by atoms with E-state index >= 15 is 0 Å². The molecule has 1 aromatic carbocycles. The van der Waals surface area contributed by atoms with Crippen LogP contribution in [0.15, 0.2) is 36.4 Å². The summed E-state index contributed by atoms with van der Waals surface area (Å²) in [7, 11) is 0. The Hall–Kier alpha value is -1.94. The number of anilines is 1. The van der Waals surface area contributed by atoms with Gasteiger partial charge in [0.05, 0.1) is 6.04 Å². The van der Waals surface area contributed by atoms with Gasteiger partial charge in [0, 0.05) is 5.69 Å². The monoisotopic (exact) mass is 313 g/mol. The van der Waals surface area contributed by atoms with Gasteiger partial charge in [0.1, 0.15) is 5.82 Å².